The molecule has 0 bridgehead atoms. The van der Waals surface area contributed by atoms with E-state index < -0.39 is 0 Å². The maximum Gasteiger partial charge on any atom is 0.122 e. The predicted molar refractivity (Wildman–Crippen MR) is 79.6 cm³/mol. The normalized spacial score (nSPS) is 18.1. The second-order valence-corrected chi connectivity index (χ2v) is 5.07. The molecule has 0 unspecified atom stereocenters. The average Bonchev–Trinajstić information content (AvgIpc) is 3.00. The Morgan fingerprint density at radius 1 is 1.30 bits per heavy atom. The summed E-state index contributed by atoms with van der Waals surface area (Å²) in [5.74, 6) is 1.71. The Kier molecular flexibility index (Phi) is 6.68. The zero-order valence-electron chi connectivity index (χ0n) is 12.3. The van der Waals surface area contributed by atoms with Crippen LogP contribution in [0.25, 0.3) is 0 Å². The van der Waals surface area contributed by atoms with E-state index in [1.807, 2.05) is 24.3 Å². The van der Waals surface area contributed by atoms with Gasteiger partial charge in [-0.1, -0.05) is 6.07 Å². The van der Waals surface area contributed by atoms with Crippen molar-refractivity contribution in [1.82, 2.24) is 5.32 Å². The second-order valence-electron chi connectivity index (χ2n) is 5.07. The molecular weight excluding hydrogens is 254 g/mol. The Hall–Kier alpha value is -1.26. The van der Waals surface area contributed by atoms with E-state index in [9.17, 15) is 0 Å². The molecule has 1 aromatic rings. The average molecular weight is 279 g/mol. The van der Waals surface area contributed by atoms with Crippen molar-refractivity contribution in [2.24, 2.45) is 0 Å². The minimum Gasteiger partial charge on any atom is -0.497 e. The van der Waals surface area contributed by atoms with Crippen molar-refractivity contribution in [3.63, 3.8) is 0 Å². The summed E-state index contributed by atoms with van der Waals surface area (Å²) in [6, 6.07) is 7.73. The summed E-state index contributed by atoms with van der Waals surface area (Å²) in [7, 11) is 1.67. The molecule has 1 fully saturated rings. The van der Waals surface area contributed by atoms with Crippen LogP contribution in [0, 0.1) is 0 Å². The predicted octanol–water partition coefficient (Wildman–Crippen LogP) is 2.62. The molecule has 0 saturated carbocycles. The molecule has 0 radical (unpaired) electrons. The van der Waals surface area contributed by atoms with Crippen LogP contribution < -0.4 is 14.8 Å². The molecule has 1 N–H and O–H groups in total. The first-order chi connectivity index (χ1) is 9.88. The molecule has 112 valence electrons. The number of nitrogens with one attached hydrogen (secondary N) is 1. The topological polar surface area (TPSA) is 39.7 Å². The van der Waals surface area contributed by atoms with Crippen molar-refractivity contribution in [3.05, 3.63) is 24.3 Å². The van der Waals surface area contributed by atoms with E-state index in [4.69, 9.17) is 14.2 Å². The van der Waals surface area contributed by atoms with Crippen LogP contribution in [-0.2, 0) is 4.74 Å². The number of hydrogen-bond donors (Lipinski definition) is 1. The minimum absolute atomic E-state index is 0.433. The third-order valence-corrected chi connectivity index (χ3v) is 3.45. The van der Waals surface area contributed by atoms with Gasteiger partial charge >= 0.3 is 0 Å². The number of ether oxygens (including phenoxy) is 3. The van der Waals surface area contributed by atoms with Gasteiger partial charge < -0.3 is 19.5 Å². The molecule has 4 nitrogen and oxygen atoms in total. The van der Waals surface area contributed by atoms with Crippen LogP contribution in [0.5, 0.6) is 11.5 Å². The summed E-state index contributed by atoms with van der Waals surface area (Å²) >= 11 is 0. The fourth-order valence-electron chi connectivity index (χ4n) is 2.30. The molecule has 1 saturated heterocycles. The van der Waals surface area contributed by atoms with E-state index in [0.717, 1.165) is 50.6 Å². The largest absolute Gasteiger partial charge is 0.497 e. The summed E-state index contributed by atoms with van der Waals surface area (Å²) in [5.41, 5.74) is 0. The van der Waals surface area contributed by atoms with Crippen LogP contribution in [0.15, 0.2) is 24.3 Å². The SMILES string of the molecule is COc1cccc(OCCCCNC[C@@H]2CCCO2)c1. The minimum atomic E-state index is 0.433. The van der Waals surface area contributed by atoms with Crippen LogP contribution in [0.2, 0.25) is 0 Å². The monoisotopic (exact) mass is 279 g/mol. The van der Waals surface area contributed by atoms with Gasteiger partial charge in [-0.05, 0) is 44.4 Å². The zero-order valence-corrected chi connectivity index (χ0v) is 12.3. The van der Waals surface area contributed by atoms with Crippen molar-refractivity contribution in [2.45, 2.75) is 31.8 Å². The Bertz CT molecular complexity index is 378. The molecule has 1 aliphatic rings. The van der Waals surface area contributed by atoms with E-state index >= 15 is 0 Å². The quantitative estimate of drug-likeness (QED) is 0.705. The molecule has 0 aromatic heterocycles. The Morgan fingerprint density at radius 3 is 3.00 bits per heavy atom. The number of rotatable bonds is 9. The third-order valence-electron chi connectivity index (χ3n) is 3.45. The fourth-order valence-corrected chi connectivity index (χ4v) is 2.30. The lowest BCUT2D eigenvalue weighted by Crippen LogP contribution is -2.27. The lowest BCUT2D eigenvalue weighted by atomic mass is 10.2. The molecule has 1 aromatic carbocycles. The Morgan fingerprint density at radius 2 is 2.20 bits per heavy atom. The third kappa shape index (κ3) is 5.39. The summed E-state index contributed by atoms with van der Waals surface area (Å²) in [4.78, 5) is 0. The van der Waals surface area contributed by atoms with Crippen molar-refractivity contribution in [1.29, 1.82) is 0 Å². The molecule has 1 atom stereocenters. The number of methoxy groups -OCH3 is 1. The first kappa shape index (κ1) is 15.1. The molecule has 0 amide bonds. The fraction of sp³-hybridized carbons (Fsp3) is 0.625. The van der Waals surface area contributed by atoms with Gasteiger partial charge in [0, 0.05) is 19.2 Å². The van der Waals surface area contributed by atoms with Crippen LogP contribution in [-0.4, -0.2) is 39.5 Å². The lowest BCUT2D eigenvalue weighted by molar-refractivity contribution is 0.110. The van der Waals surface area contributed by atoms with Crippen LogP contribution in [0.1, 0.15) is 25.7 Å². The van der Waals surface area contributed by atoms with Crippen molar-refractivity contribution >= 4 is 0 Å². The van der Waals surface area contributed by atoms with Crippen molar-refractivity contribution in [3.8, 4) is 11.5 Å². The molecule has 2 rings (SSSR count). The lowest BCUT2D eigenvalue weighted by Gasteiger charge is -2.11. The maximum absolute atomic E-state index is 5.70. The van der Waals surface area contributed by atoms with E-state index in [1.165, 1.54) is 12.8 Å². The van der Waals surface area contributed by atoms with E-state index in [0.29, 0.717) is 6.10 Å². The van der Waals surface area contributed by atoms with E-state index in [-0.39, 0.29) is 0 Å². The Labute approximate surface area is 121 Å². The van der Waals surface area contributed by atoms with E-state index in [1.54, 1.807) is 7.11 Å². The molecule has 1 aliphatic heterocycles. The summed E-state index contributed by atoms with van der Waals surface area (Å²) in [6.45, 7) is 3.69. The standard InChI is InChI=1S/C16H25NO3/c1-18-14-6-4-7-15(12-14)19-10-3-2-9-17-13-16-8-5-11-20-16/h4,6-7,12,16-17H,2-3,5,8-11,13H2,1H3/t16-/m0/s1. The molecule has 0 aliphatic carbocycles. The van der Waals surface area contributed by atoms with Gasteiger partial charge in [-0.3, -0.25) is 0 Å². The smallest absolute Gasteiger partial charge is 0.122 e. The number of benzene rings is 1. The van der Waals surface area contributed by atoms with Crippen molar-refractivity contribution in [2.75, 3.05) is 33.4 Å². The highest BCUT2D eigenvalue weighted by Crippen LogP contribution is 2.18. The van der Waals surface area contributed by atoms with Gasteiger partial charge in [-0.25, -0.2) is 0 Å². The van der Waals surface area contributed by atoms with Crippen LogP contribution in [0.3, 0.4) is 0 Å². The van der Waals surface area contributed by atoms with Gasteiger partial charge in [0.05, 0.1) is 19.8 Å². The van der Waals surface area contributed by atoms with Gasteiger partial charge in [0.15, 0.2) is 0 Å². The summed E-state index contributed by atoms with van der Waals surface area (Å²) in [5, 5.41) is 3.44. The van der Waals surface area contributed by atoms with E-state index in [2.05, 4.69) is 5.32 Å². The summed E-state index contributed by atoms with van der Waals surface area (Å²) < 4.78 is 16.4. The molecule has 1 heterocycles. The maximum atomic E-state index is 5.70. The number of unbranched alkanes of at least 4 members (excludes halogenated alkanes) is 1. The highest BCUT2D eigenvalue weighted by atomic mass is 16.5. The second kappa shape index (κ2) is 8.82. The highest BCUT2D eigenvalue weighted by molar-refractivity contribution is 5.32. The zero-order chi connectivity index (χ0) is 14.0. The number of hydrogen-bond acceptors (Lipinski definition) is 4. The molecule has 4 heteroatoms. The summed E-state index contributed by atoms with van der Waals surface area (Å²) in [6.07, 6.45) is 5.02. The van der Waals surface area contributed by atoms with Crippen molar-refractivity contribution < 1.29 is 14.2 Å². The molecular formula is C16H25NO3. The van der Waals surface area contributed by atoms with Gasteiger partial charge in [0.25, 0.3) is 0 Å². The van der Waals surface area contributed by atoms with Gasteiger partial charge in [0.1, 0.15) is 11.5 Å². The van der Waals surface area contributed by atoms with Gasteiger partial charge in [-0.2, -0.15) is 0 Å². The van der Waals surface area contributed by atoms with Gasteiger partial charge in [0.2, 0.25) is 0 Å². The first-order valence-corrected chi connectivity index (χ1v) is 7.47. The first-order valence-electron chi connectivity index (χ1n) is 7.47. The highest BCUT2D eigenvalue weighted by Gasteiger charge is 2.13. The molecule has 0 spiro atoms. The van der Waals surface area contributed by atoms with Crippen LogP contribution >= 0.6 is 0 Å². The van der Waals surface area contributed by atoms with Crippen LogP contribution in [0.4, 0.5) is 0 Å². The Balaban J connectivity index is 1.48. The van der Waals surface area contributed by atoms with Gasteiger partial charge in [-0.15, -0.1) is 0 Å². The molecule has 20 heavy (non-hydrogen) atoms.